The fourth-order valence-corrected chi connectivity index (χ4v) is 2.00. The first kappa shape index (κ1) is 14.8. The van der Waals surface area contributed by atoms with Crippen molar-refractivity contribution in [2.24, 2.45) is 0 Å². The van der Waals surface area contributed by atoms with E-state index < -0.39 is 29.3 Å². The molecule has 1 heterocycles. The number of carbonyl (C=O) groups is 2. The Morgan fingerprint density at radius 1 is 1.39 bits per heavy atom. The molecule has 1 aliphatic rings. The molecular formula is C12H21NO5. The lowest BCUT2D eigenvalue weighted by Gasteiger charge is -2.35. The van der Waals surface area contributed by atoms with Gasteiger partial charge in [-0.15, -0.1) is 0 Å². The van der Waals surface area contributed by atoms with E-state index in [4.69, 9.17) is 4.74 Å². The van der Waals surface area contributed by atoms with Gasteiger partial charge in [0, 0.05) is 6.54 Å². The molecule has 6 nitrogen and oxygen atoms in total. The number of nitrogens with zero attached hydrogens (tertiary/aromatic N) is 1. The number of esters is 1. The predicted molar refractivity (Wildman–Crippen MR) is 64.0 cm³/mol. The largest absolute Gasteiger partial charge is 0.467 e. The molecule has 0 saturated carbocycles. The molecule has 1 N–H and O–H groups in total. The van der Waals surface area contributed by atoms with Gasteiger partial charge in [0.25, 0.3) is 0 Å². The van der Waals surface area contributed by atoms with Gasteiger partial charge in [0.1, 0.15) is 5.60 Å². The molecule has 2 atom stereocenters. The van der Waals surface area contributed by atoms with Crippen molar-refractivity contribution < 1.29 is 24.2 Å². The summed E-state index contributed by atoms with van der Waals surface area (Å²) in [5.74, 6) is -0.640. The van der Waals surface area contributed by atoms with E-state index in [-0.39, 0.29) is 6.54 Å². The number of hydrogen-bond acceptors (Lipinski definition) is 5. The molecule has 0 spiro atoms. The first-order valence-electron chi connectivity index (χ1n) is 5.90. The van der Waals surface area contributed by atoms with E-state index >= 15 is 0 Å². The van der Waals surface area contributed by atoms with E-state index in [0.29, 0.717) is 6.42 Å². The maximum atomic E-state index is 12.0. The van der Waals surface area contributed by atoms with Gasteiger partial charge in [-0.3, -0.25) is 4.90 Å². The molecule has 2 unspecified atom stereocenters. The third kappa shape index (κ3) is 2.58. The van der Waals surface area contributed by atoms with Crippen molar-refractivity contribution in [3.63, 3.8) is 0 Å². The van der Waals surface area contributed by atoms with Crippen molar-refractivity contribution in [3.8, 4) is 0 Å². The van der Waals surface area contributed by atoms with Crippen molar-refractivity contribution >= 4 is 12.1 Å². The summed E-state index contributed by atoms with van der Waals surface area (Å²) < 4.78 is 9.90. The summed E-state index contributed by atoms with van der Waals surface area (Å²) in [5.41, 5.74) is -2.03. The van der Waals surface area contributed by atoms with Gasteiger partial charge in [0.15, 0.2) is 5.54 Å². The fraction of sp³-hybridized carbons (Fsp3) is 0.833. The molecule has 0 aromatic carbocycles. The summed E-state index contributed by atoms with van der Waals surface area (Å²) in [6.07, 6.45) is -1.24. The Bertz CT molecular complexity index is 349. The van der Waals surface area contributed by atoms with Crippen molar-refractivity contribution in [2.75, 3.05) is 13.7 Å². The zero-order chi connectivity index (χ0) is 14.1. The van der Waals surface area contributed by atoms with Gasteiger partial charge >= 0.3 is 12.1 Å². The second-order valence-electron chi connectivity index (χ2n) is 5.58. The molecule has 1 amide bonds. The minimum Gasteiger partial charge on any atom is -0.467 e. The van der Waals surface area contributed by atoms with E-state index in [0.717, 1.165) is 0 Å². The summed E-state index contributed by atoms with van der Waals surface area (Å²) in [6, 6.07) is 0. The highest BCUT2D eigenvalue weighted by atomic mass is 16.6. The zero-order valence-corrected chi connectivity index (χ0v) is 11.5. The number of ether oxygens (including phenoxy) is 2. The molecule has 18 heavy (non-hydrogen) atoms. The minimum absolute atomic E-state index is 0.266. The molecule has 1 saturated heterocycles. The van der Waals surface area contributed by atoms with E-state index in [1.54, 1.807) is 20.8 Å². The lowest BCUT2D eigenvalue weighted by Crippen LogP contribution is -2.57. The van der Waals surface area contributed by atoms with Crippen LogP contribution in [0.25, 0.3) is 0 Å². The Hall–Kier alpha value is -1.30. The SMILES string of the molecule is COC(=O)C1(C)C(O)CCN1C(=O)OC(C)(C)C. The number of methoxy groups -OCH3 is 1. The summed E-state index contributed by atoms with van der Waals surface area (Å²) in [4.78, 5) is 25.1. The van der Waals surface area contributed by atoms with Crippen molar-refractivity contribution in [1.29, 1.82) is 0 Å². The average molecular weight is 259 g/mol. The lowest BCUT2D eigenvalue weighted by atomic mass is 9.96. The molecule has 0 radical (unpaired) electrons. The Morgan fingerprint density at radius 2 is 1.94 bits per heavy atom. The van der Waals surface area contributed by atoms with Crippen LogP contribution in [0.4, 0.5) is 4.79 Å². The molecular weight excluding hydrogens is 238 g/mol. The van der Waals surface area contributed by atoms with Crippen molar-refractivity contribution in [1.82, 2.24) is 4.90 Å². The highest BCUT2D eigenvalue weighted by Crippen LogP contribution is 2.32. The number of aliphatic hydroxyl groups excluding tert-OH is 1. The maximum Gasteiger partial charge on any atom is 0.411 e. The number of hydrogen-bond donors (Lipinski definition) is 1. The Morgan fingerprint density at radius 3 is 2.39 bits per heavy atom. The Labute approximate surface area is 107 Å². The molecule has 0 bridgehead atoms. The van der Waals surface area contributed by atoms with E-state index in [9.17, 15) is 14.7 Å². The van der Waals surface area contributed by atoms with Crippen molar-refractivity contribution in [2.45, 2.75) is 51.4 Å². The topological polar surface area (TPSA) is 76.1 Å². The van der Waals surface area contributed by atoms with E-state index in [1.807, 2.05) is 0 Å². The van der Waals surface area contributed by atoms with Crippen LogP contribution >= 0.6 is 0 Å². The third-order valence-corrected chi connectivity index (χ3v) is 3.05. The smallest absolute Gasteiger partial charge is 0.411 e. The predicted octanol–water partition coefficient (Wildman–Crippen LogP) is 0.920. The molecule has 1 aliphatic heterocycles. The molecule has 6 heteroatoms. The van der Waals surface area contributed by atoms with Gasteiger partial charge in [-0.25, -0.2) is 9.59 Å². The first-order valence-corrected chi connectivity index (χ1v) is 5.90. The number of rotatable bonds is 1. The lowest BCUT2D eigenvalue weighted by molar-refractivity contribution is -0.156. The monoisotopic (exact) mass is 259 g/mol. The summed E-state index contributed by atoms with van der Waals surface area (Å²) in [5, 5.41) is 9.92. The average Bonchev–Trinajstić information content (AvgIpc) is 2.53. The number of likely N-dealkylation sites (tertiary alicyclic amines) is 1. The van der Waals surface area contributed by atoms with Gasteiger partial charge < -0.3 is 14.6 Å². The number of carbonyl (C=O) groups excluding carboxylic acids is 2. The van der Waals surface area contributed by atoms with Gasteiger partial charge in [-0.05, 0) is 34.1 Å². The zero-order valence-electron chi connectivity index (χ0n) is 11.5. The van der Waals surface area contributed by atoms with Crippen LogP contribution in [-0.2, 0) is 14.3 Å². The standard InChI is InChI=1S/C12H21NO5/c1-11(2,3)18-10(16)13-7-6-8(14)12(13,4)9(15)17-5/h8,14H,6-7H2,1-5H3. The molecule has 1 rings (SSSR count). The second-order valence-corrected chi connectivity index (χ2v) is 5.58. The van der Waals surface area contributed by atoms with Gasteiger partial charge in [0.05, 0.1) is 13.2 Å². The quantitative estimate of drug-likeness (QED) is 0.709. The Kier molecular flexibility index (Phi) is 3.90. The van der Waals surface area contributed by atoms with Gasteiger partial charge in [-0.1, -0.05) is 0 Å². The van der Waals surface area contributed by atoms with Crippen LogP contribution in [0.5, 0.6) is 0 Å². The first-order chi connectivity index (χ1) is 8.13. The highest BCUT2D eigenvalue weighted by Gasteiger charge is 2.54. The maximum absolute atomic E-state index is 12.0. The van der Waals surface area contributed by atoms with E-state index in [2.05, 4.69) is 4.74 Å². The summed E-state index contributed by atoms with van der Waals surface area (Å²) >= 11 is 0. The Balaban J connectivity index is 2.94. The molecule has 0 aliphatic carbocycles. The normalized spacial score (nSPS) is 28.1. The third-order valence-electron chi connectivity index (χ3n) is 3.05. The van der Waals surface area contributed by atoms with Crippen LogP contribution in [0.3, 0.4) is 0 Å². The summed E-state index contributed by atoms with van der Waals surface area (Å²) in [7, 11) is 1.23. The van der Waals surface area contributed by atoms with Gasteiger partial charge in [-0.2, -0.15) is 0 Å². The van der Waals surface area contributed by atoms with E-state index in [1.165, 1.54) is 18.9 Å². The molecule has 104 valence electrons. The van der Waals surface area contributed by atoms with Crippen LogP contribution in [-0.4, -0.2) is 53.0 Å². The molecule has 0 aromatic rings. The number of amides is 1. The van der Waals surface area contributed by atoms with Crippen molar-refractivity contribution in [3.05, 3.63) is 0 Å². The summed E-state index contributed by atoms with van der Waals surface area (Å²) in [6.45, 7) is 6.98. The van der Waals surface area contributed by atoms with Crippen LogP contribution in [0.2, 0.25) is 0 Å². The van der Waals surface area contributed by atoms with Gasteiger partial charge in [0.2, 0.25) is 0 Å². The van der Waals surface area contributed by atoms with Crippen LogP contribution in [0.1, 0.15) is 34.1 Å². The molecule has 1 fully saturated rings. The number of aliphatic hydroxyl groups is 1. The fourth-order valence-electron chi connectivity index (χ4n) is 2.00. The molecule has 0 aromatic heterocycles. The minimum atomic E-state index is -1.38. The van der Waals surface area contributed by atoms with Crippen LogP contribution < -0.4 is 0 Å². The second kappa shape index (κ2) is 4.76. The van der Waals surface area contributed by atoms with Crippen LogP contribution in [0.15, 0.2) is 0 Å². The van der Waals surface area contributed by atoms with Crippen LogP contribution in [0, 0.1) is 0 Å². The highest BCUT2D eigenvalue weighted by molar-refractivity contribution is 5.87.